The molecule has 2 unspecified atom stereocenters. The molecule has 1 aliphatic rings. The summed E-state index contributed by atoms with van der Waals surface area (Å²) in [4.78, 5) is 0.386. The van der Waals surface area contributed by atoms with E-state index in [2.05, 4.69) is 20.8 Å². The van der Waals surface area contributed by atoms with Crippen LogP contribution in [0.1, 0.15) is 40.0 Å². The molecule has 2 aromatic rings. The molecule has 0 aromatic heterocycles. The van der Waals surface area contributed by atoms with Gasteiger partial charge in [0.05, 0.1) is 11.5 Å². The van der Waals surface area contributed by atoms with Crippen LogP contribution in [0.5, 0.6) is 5.75 Å². The monoisotopic (exact) mass is 375 g/mol. The van der Waals surface area contributed by atoms with Crippen molar-refractivity contribution < 1.29 is 13.2 Å². The lowest BCUT2D eigenvalue weighted by atomic mass is 9.94. The van der Waals surface area contributed by atoms with E-state index in [1.54, 1.807) is 10.4 Å². The van der Waals surface area contributed by atoms with Gasteiger partial charge >= 0.3 is 0 Å². The Kier molecular flexibility index (Phi) is 5.88. The van der Waals surface area contributed by atoms with Crippen LogP contribution in [0.15, 0.2) is 41.3 Å². The SMILES string of the molecule is CCCCOc1ccc(S(=O)(=O)N2CC(C)CC(C)C2)c2ccccc12. The number of unbranched alkanes of at least 4 members (excludes halogenated alkanes) is 1. The topological polar surface area (TPSA) is 46.6 Å². The lowest BCUT2D eigenvalue weighted by Crippen LogP contribution is -2.42. The van der Waals surface area contributed by atoms with Gasteiger partial charge in [0.1, 0.15) is 5.75 Å². The Morgan fingerprint density at radius 3 is 2.35 bits per heavy atom. The summed E-state index contributed by atoms with van der Waals surface area (Å²) in [6.07, 6.45) is 3.13. The van der Waals surface area contributed by atoms with E-state index in [0.29, 0.717) is 36.4 Å². The fourth-order valence-corrected chi connectivity index (χ4v) is 5.74. The number of fused-ring (bicyclic) bond motifs is 1. The molecule has 1 saturated heterocycles. The number of piperidine rings is 1. The van der Waals surface area contributed by atoms with Gasteiger partial charge in [-0.3, -0.25) is 0 Å². The van der Waals surface area contributed by atoms with Gasteiger partial charge in [0.15, 0.2) is 0 Å². The third-order valence-electron chi connectivity index (χ3n) is 5.05. The normalized spacial score (nSPS) is 21.8. The zero-order valence-corrected chi connectivity index (χ0v) is 16.8. The predicted octanol–water partition coefficient (Wildman–Crippen LogP) is 4.69. The molecule has 0 amide bonds. The molecule has 142 valence electrons. The Balaban J connectivity index is 2.01. The zero-order chi connectivity index (χ0) is 18.7. The van der Waals surface area contributed by atoms with E-state index in [4.69, 9.17) is 4.74 Å². The van der Waals surface area contributed by atoms with Crippen molar-refractivity contribution >= 4 is 20.8 Å². The number of hydrogen-bond donors (Lipinski definition) is 0. The average Bonchev–Trinajstić information content (AvgIpc) is 2.61. The summed E-state index contributed by atoms with van der Waals surface area (Å²) in [5, 5.41) is 1.61. The van der Waals surface area contributed by atoms with Crippen LogP contribution < -0.4 is 4.74 Å². The van der Waals surface area contributed by atoms with Crippen molar-refractivity contribution in [2.24, 2.45) is 11.8 Å². The summed E-state index contributed by atoms with van der Waals surface area (Å²) >= 11 is 0. The highest BCUT2D eigenvalue weighted by Crippen LogP contribution is 2.34. The number of ether oxygens (including phenoxy) is 1. The highest BCUT2D eigenvalue weighted by Gasteiger charge is 2.32. The van der Waals surface area contributed by atoms with Crippen molar-refractivity contribution in [1.82, 2.24) is 4.31 Å². The average molecular weight is 376 g/mol. The summed E-state index contributed by atoms with van der Waals surface area (Å²) in [7, 11) is -3.52. The zero-order valence-electron chi connectivity index (χ0n) is 15.9. The van der Waals surface area contributed by atoms with Gasteiger partial charge in [0.2, 0.25) is 10.0 Å². The van der Waals surface area contributed by atoms with Crippen LogP contribution >= 0.6 is 0 Å². The second-order valence-electron chi connectivity index (χ2n) is 7.58. The fraction of sp³-hybridized carbons (Fsp3) is 0.524. The minimum atomic E-state index is -3.52. The van der Waals surface area contributed by atoms with Crippen LogP contribution in [0.2, 0.25) is 0 Å². The van der Waals surface area contributed by atoms with Crippen LogP contribution in [-0.4, -0.2) is 32.4 Å². The molecule has 1 heterocycles. The number of benzene rings is 2. The van der Waals surface area contributed by atoms with E-state index in [-0.39, 0.29) is 0 Å². The predicted molar refractivity (Wildman–Crippen MR) is 106 cm³/mol. The lowest BCUT2D eigenvalue weighted by Gasteiger charge is -2.34. The molecular formula is C21H29NO3S. The highest BCUT2D eigenvalue weighted by molar-refractivity contribution is 7.89. The molecule has 2 aromatic carbocycles. The second kappa shape index (κ2) is 7.97. The molecule has 0 spiro atoms. The van der Waals surface area contributed by atoms with Gasteiger partial charge < -0.3 is 4.74 Å². The Hall–Kier alpha value is -1.59. The molecule has 0 radical (unpaired) electrons. The van der Waals surface area contributed by atoms with Gasteiger partial charge in [0.25, 0.3) is 0 Å². The molecule has 1 fully saturated rings. The summed E-state index contributed by atoms with van der Waals surface area (Å²) < 4.78 is 34.3. The van der Waals surface area contributed by atoms with Gasteiger partial charge in [0, 0.05) is 23.9 Å². The maximum Gasteiger partial charge on any atom is 0.243 e. The van der Waals surface area contributed by atoms with Crippen LogP contribution in [0.25, 0.3) is 10.8 Å². The number of nitrogens with zero attached hydrogens (tertiary/aromatic N) is 1. The first-order valence-electron chi connectivity index (χ1n) is 9.58. The fourth-order valence-electron chi connectivity index (χ4n) is 3.86. The van der Waals surface area contributed by atoms with Gasteiger partial charge in [-0.25, -0.2) is 8.42 Å². The molecule has 3 rings (SSSR count). The Labute approximate surface area is 157 Å². The molecule has 0 saturated carbocycles. The molecule has 1 aliphatic heterocycles. The molecule has 0 aliphatic carbocycles. The van der Waals surface area contributed by atoms with E-state index in [9.17, 15) is 8.42 Å². The van der Waals surface area contributed by atoms with Crippen LogP contribution in [0, 0.1) is 11.8 Å². The van der Waals surface area contributed by atoms with E-state index >= 15 is 0 Å². The Bertz CT molecular complexity index is 853. The maximum atomic E-state index is 13.3. The summed E-state index contributed by atoms with van der Waals surface area (Å²) in [5.74, 6) is 1.53. The number of hydrogen-bond acceptors (Lipinski definition) is 3. The van der Waals surface area contributed by atoms with Gasteiger partial charge in [-0.2, -0.15) is 4.31 Å². The van der Waals surface area contributed by atoms with Gasteiger partial charge in [-0.15, -0.1) is 0 Å². The van der Waals surface area contributed by atoms with Crippen molar-refractivity contribution in [2.75, 3.05) is 19.7 Å². The van der Waals surface area contributed by atoms with E-state index in [1.165, 1.54) is 0 Å². The molecule has 2 atom stereocenters. The largest absolute Gasteiger partial charge is 0.493 e. The molecule has 4 nitrogen and oxygen atoms in total. The summed E-state index contributed by atoms with van der Waals surface area (Å²) in [5.41, 5.74) is 0. The van der Waals surface area contributed by atoms with Gasteiger partial charge in [-0.1, -0.05) is 51.5 Å². The smallest absolute Gasteiger partial charge is 0.243 e. The van der Waals surface area contributed by atoms with Crippen molar-refractivity contribution in [3.8, 4) is 5.75 Å². The first-order chi connectivity index (χ1) is 12.4. The van der Waals surface area contributed by atoms with E-state index in [1.807, 2.05) is 30.3 Å². The van der Waals surface area contributed by atoms with Crippen LogP contribution in [-0.2, 0) is 10.0 Å². The Morgan fingerprint density at radius 1 is 1.04 bits per heavy atom. The van der Waals surface area contributed by atoms with Crippen LogP contribution in [0.4, 0.5) is 0 Å². The van der Waals surface area contributed by atoms with Crippen molar-refractivity contribution in [2.45, 2.75) is 44.9 Å². The second-order valence-corrected chi connectivity index (χ2v) is 9.48. The third kappa shape index (κ3) is 3.89. The number of rotatable bonds is 6. The molecular weight excluding hydrogens is 346 g/mol. The maximum absolute atomic E-state index is 13.3. The first kappa shape index (κ1) is 19.2. The van der Waals surface area contributed by atoms with Gasteiger partial charge in [-0.05, 0) is 36.8 Å². The molecule has 26 heavy (non-hydrogen) atoms. The Morgan fingerprint density at radius 2 is 1.69 bits per heavy atom. The standard InChI is InChI=1S/C21H29NO3S/c1-4-5-12-25-20-10-11-21(19-9-7-6-8-18(19)20)26(23,24)22-14-16(2)13-17(3)15-22/h6-11,16-17H,4-5,12-15H2,1-3H3. The molecule has 0 bridgehead atoms. The van der Waals surface area contributed by atoms with Crippen LogP contribution in [0.3, 0.4) is 0 Å². The van der Waals surface area contributed by atoms with Crippen molar-refractivity contribution in [1.29, 1.82) is 0 Å². The molecule has 5 heteroatoms. The minimum absolute atomic E-state index is 0.386. The molecule has 0 N–H and O–H groups in total. The third-order valence-corrected chi connectivity index (χ3v) is 6.94. The minimum Gasteiger partial charge on any atom is -0.493 e. The van der Waals surface area contributed by atoms with Crippen molar-refractivity contribution in [3.63, 3.8) is 0 Å². The highest BCUT2D eigenvalue weighted by atomic mass is 32.2. The first-order valence-corrected chi connectivity index (χ1v) is 11.0. The van der Waals surface area contributed by atoms with Crippen molar-refractivity contribution in [3.05, 3.63) is 36.4 Å². The summed E-state index contributed by atoms with van der Waals surface area (Å²) in [6.45, 7) is 8.21. The lowest BCUT2D eigenvalue weighted by molar-refractivity contribution is 0.222. The summed E-state index contributed by atoms with van der Waals surface area (Å²) in [6, 6.07) is 11.2. The van der Waals surface area contributed by atoms with E-state index in [0.717, 1.165) is 35.8 Å². The number of sulfonamides is 1. The quantitative estimate of drug-likeness (QED) is 0.689. The van der Waals surface area contributed by atoms with E-state index < -0.39 is 10.0 Å².